The van der Waals surface area contributed by atoms with E-state index in [9.17, 15) is 0 Å². The summed E-state index contributed by atoms with van der Waals surface area (Å²) >= 11 is 3.86. The van der Waals surface area contributed by atoms with Gasteiger partial charge in [-0.2, -0.15) is 0 Å². The third-order valence-corrected chi connectivity index (χ3v) is 7.37. The fourth-order valence-corrected chi connectivity index (χ4v) is 6.44. The van der Waals surface area contributed by atoms with E-state index in [0.717, 1.165) is 0 Å². The van der Waals surface area contributed by atoms with Gasteiger partial charge >= 0.3 is 0 Å². The van der Waals surface area contributed by atoms with Crippen LogP contribution in [0.1, 0.15) is 0 Å². The van der Waals surface area contributed by atoms with E-state index in [0.29, 0.717) is 0 Å². The number of benzene rings is 4. The van der Waals surface area contributed by atoms with E-state index in [4.69, 9.17) is 0 Å². The predicted octanol–water partition coefficient (Wildman–Crippen LogP) is 7.58. The van der Waals surface area contributed by atoms with E-state index in [-0.39, 0.29) is 0 Å². The molecule has 24 heavy (non-hydrogen) atoms. The van der Waals surface area contributed by atoms with Crippen molar-refractivity contribution in [3.05, 3.63) is 72.8 Å². The topological polar surface area (TPSA) is 0 Å². The summed E-state index contributed by atoms with van der Waals surface area (Å²) < 4.78 is 5.63. The molecule has 0 saturated heterocycles. The molecular formula is C22H12S2. The van der Waals surface area contributed by atoms with Crippen molar-refractivity contribution in [2.75, 3.05) is 0 Å². The maximum absolute atomic E-state index is 2.28. The van der Waals surface area contributed by atoms with E-state index in [1.54, 1.807) is 0 Å². The lowest BCUT2D eigenvalue weighted by molar-refractivity contribution is 1.84. The number of hydrogen-bond donors (Lipinski definition) is 0. The lowest BCUT2D eigenvalue weighted by Gasteiger charge is -2.04. The van der Waals surface area contributed by atoms with Gasteiger partial charge in [-0.05, 0) is 22.9 Å². The van der Waals surface area contributed by atoms with Gasteiger partial charge < -0.3 is 0 Å². The van der Waals surface area contributed by atoms with Crippen LogP contribution in [-0.2, 0) is 0 Å². The third-order valence-electron chi connectivity index (χ3n) is 4.86. The molecule has 112 valence electrons. The molecule has 2 heteroatoms. The molecule has 2 aromatic heterocycles. The standard InChI is InChI=1S/C22H12S2/c1-2-8-14-13(7-1)19-15-9-3-5-11-17(15)23-21(19)22-20(14)16-10-4-6-12-18(16)24-22/h1-12H. The monoisotopic (exact) mass is 340 g/mol. The Labute approximate surface area is 146 Å². The van der Waals surface area contributed by atoms with Crippen LogP contribution in [0.3, 0.4) is 0 Å². The van der Waals surface area contributed by atoms with Crippen LogP contribution in [0.5, 0.6) is 0 Å². The maximum atomic E-state index is 2.28. The van der Waals surface area contributed by atoms with Gasteiger partial charge in [-0.15, -0.1) is 22.7 Å². The smallest absolute Gasteiger partial charge is 0.0540 e. The van der Waals surface area contributed by atoms with Gasteiger partial charge in [0.25, 0.3) is 0 Å². The van der Waals surface area contributed by atoms with Crippen LogP contribution in [0.15, 0.2) is 72.8 Å². The van der Waals surface area contributed by atoms with E-state index < -0.39 is 0 Å². The van der Waals surface area contributed by atoms with Gasteiger partial charge in [0.1, 0.15) is 0 Å². The molecule has 0 unspecified atom stereocenters. The van der Waals surface area contributed by atoms with Gasteiger partial charge in [-0.3, -0.25) is 0 Å². The molecule has 0 aliphatic rings. The van der Waals surface area contributed by atoms with Gasteiger partial charge in [-0.1, -0.05) is 60.7 Å². The highest BCUT2D eigenvalue weighted by molar-refractivity contribution is 7.33. The van der Waals surface area contributed by atoms with Crippen molar-refractivity contribution in [2.45, 2.75) is 0 Å². The van der Waals surface area contributed by atoms with Crippen molar-refractivity contribution in [1.29, 1.82) is 0 Å². The highest BCUT2D eigenvalue weighted by Crippen LogP contribution is 2.48. The average Bonchev–Trinajstić information content (AvgIpc) is 3.21. The Morgan fingerprint density at radius 1 is 0.417 bits per heavy atom. The van der Waals surface area contributed by atoms with Crippen molar-refractivity contribution >= 4 is 73.8 Å². The predicted molar refractivity (Wildman–Crippen MR) is 110 cm³/mol. The van der Waals surface area contributed by atoms with Gasteiger partial charge in [0.2, 0.25) is 0 Å². The molecule has 6 aromatic rings. The summed E-state index contributed by atoms with van der Waals surface area (Å²) in [7, 11) is 0. The summed E-state index contributed by atoms with van der Waals surface area (Å²) in [5.41, 5.74) is 0. The number of fused-ring (bicyclic) bond motifs is 10. The van der Waals surface area contributed by atoms with Crippen LogP contribution in [0.2, 0.25) is 0 Å². The quantitative estimate of drug-likeness (QED) is 0.267. The van der Waals surface area contributed by atoms with Gasteiger partial charge in [-0.25, -0.2) is 0 Å². The van der Waals surface area contributed by atoms with Crippen LogP contribution in [0.4, 0.5) is 0 Å². The molecule has 2 heterocycles. The number of hydrogen-bond acceptors (Lipinski definition) is 2. The van der Waals surface area contributed by atoms with Crippen molar-refractivity contribution in [1.82, 2.24) is 0 Å². The van der Waals surface area contributed by atoms with Crippen LogP contribution < -0.4 is 0 Å². The summed E-state index contributed by atoms with van der Waals surface area (Å²) in [4.78, 5) is 0. The van der Waals surface area contributed by atoms with Gasteiger partial charge in [0.05, 0.1) is 9.40 Å². The fraction of sp³-hybridized carbons (Fsp3) is 0. The average molecular weight is 340 g/mol. The lowest BCUT2D eigenvalue weighted by atomic mass is 9.99. The molecule has 0 saturated carbocycles. The lowest BCUT2D eigenvalue weighted by Crippen LogP contribution is -1.76. The molecule has 0 aliphatic carbocycles. The highest BCUT2D eigenvalue weighted by atomic mass is 32.1. The number of thiophene rings is 2. The zero-order valence-corrected chi connectivity index (χ0v) is 14.4. The first-order chi connectivity index (χ1) is 11.9. The Bertz CT molecular complexity index is 1290. The summed E-state index contributed by atoms with van der Waals surface area (Å²) in [5, 5.41) is 8.36. The second-order valence-electron chi connectivity index (χ2n) is 6.15. The molecular weight excluding hydrogens is 328 g/mol. The van der Waals surface area contributed by atoms with Crippen molar-refractivity contribution in [2.24, 2.45) is 0 Å². The SMILES string of the molecule is c1ccc2c(c1)sc1c3sc4ccccc4c3c3ccccc3c21. The maximum Gasteiger partial charge on any atom is 0.0540 e. The first-order valence-electron chi connectivity index (χ1n) is 8.05. The Morgan fingerprint density at radius 2 is 0.792 bits per heavy atom. The molecule has 4 aromatic carbocycles. The van der Waals surface area contributed by atoms with Crippen LogP contribution in [-0.4, -0.2) is 0 Å². The normalized spacial score (nSPS) is 12.2. The zero-order valence-electron chi connectivity index (χ0n) is 12.7. The zero-order chi connectivity index (χ0) is 15.7. The van der Waals surface area contributed by atoms with E-state index in [1.807, 2.05) is 22.7 Å². The molecule has 0 aliphatic heterocycles. The first kappa shape index (κ1) is 12.9. The van der Waals surface area contributed by atoms with Crippen LogP contribution >= 0.6 is 22.7 Å². The van der Waals surface area contributed by atoms with Crippen LogP contribution in [0.25, 0.3) is 51.1 Å². The molecule has 0 atom stereocenters. The minimum absolute atomic E-state index is 1.38. The Morgan fingerprint density at radius 3 is 1.25 bits per heavy atom. The molecule has 6 rings (SSSR count). The number of rotatable bonds is 0. The van der Waals surface area contributed by atoms with Crippen LogP contribution in [0, 0.1) is 0 Å². The Kier molecular flexibility index (Phi) is 2.46. The highest BCUT2D eigenvalue weighted by Gasteiger charge is 2.17. The molecule has 0 bridgehead atoms. The van der Waals surface area contributed by atoms with Gasteiger partial charge in [0.15, 0.2) is 0 Å². The minimum atomic E-state index is 1.38. The molecule has 0 spiro atoms. The summed E-state index contributed by atoms with van der Waals surface area (Å²) in [6.45, 7) is 0. The fourth-order valence-electron chi connectivity index (χ4n) is 3.86. The first-order valence-corrected chi connectivity index (χ1v) is 9.68. The van der Waals surface area contributed by atoms with E-state index in [2.05, 4.69) is 72.8 Å². The van der Waals surface area contributed by atoms with Crippen molar-refractivity contribution in [3.8, 4) is 0 Å². The van der Waals surface area contributed by atoms with E-state index in [1.165, 1.54) is 51.1 Å². The molecule has 0 radical (unpaired) electrons. The minimum Gasteiger partial charge on any atom is -0.134 e. The largest absolute Gasteiger partial charge is 0.134 e. The van der Waals surface area contributed by atoms with Gasteiger partial charge in [0, 0.05) is 30.9 Å². The van der Waals surface area contributed by atoms with Crippen molar-refractivity contribution in [3.63, 3.8) is 0 Å². The summed E-state index contributed by atoms with van der Waals surface area (Å²) in [6.07, 6.45) is 0. The molecule has 0 fully saturated rings. The molecule has 0 nitrogen and oxygen atoms in total. The second kappa shape index (κ2) is 4.56. The van der Waals surface area contributed by atoms with Crippen molar-refractivity contribution < 1.29 is 0 Å². The summed E-state index contributed by atoms with van der Waals surface area (Å²) in [5.74, 6) is 0. The Hall–Kier alpha value is -2.42. The third kappa shape index (κ3) is 1.52. The van der Waals surface area contributed by atoms with E-state index >= 15 is 0 Å². The second-order valence-corrected chi connectivity index (χ2v) is 8.25. The Balaban J connectivity index is 2.07. The molecule has 0 amide bonds. The summed E-state index contributed by atoms with van der Waals surface area (Å²) in [6, 6.07) is 26.5. The molecule has 0 N–H and O–H groups in total.